The van der Waals surface area contributed by atoms with E-state index in [1.165, 1.54) is 18.2 Å². The van der Waals surface area contributed by atoms with Gasteiger partial charge in [-0.15, -0.1) is 6.58 Å². The Balaban J connectivity index is 1.62. The first-order chi connectivity index (χ1) is 17.6. The molecule has 5 atom stereocenters. The third kappa shape index (κ3) is 5.01. The van der Waals surface area contributed by atoms with E-state index in [-0.39, 0.29) is 15.8 Å². The molecule has 3 aliphatic rings. The summed E-state index contributed by atoms with van der Waals surface area (Å²) < 4.78 is 62.3. The summed E-state index contributed by atoms with van der Waals surface area (Å²) in [6, 6.07) is 11.9. The monoisotopic (exact) mass is 543 g/mol. The second kappa shape index (κ2) is 9.80. The zero-order valence-electron chi connectivity index (χ0n) is 20.4. The van der Waals surface area contributed by atoms with Gasteiger partial charge in [0.25, 0.3) is 10.1 Å². The highest BCUT2D eigenvalue weighted by atomic mass is 32.2. The summed E-state index contributed by atoms with van der Waals surface area (Å²) in [5, 5.41) is 5.96. The van der Waals surface area contributed by atoms with Crippen LogP contribution in [0, 0.1) is 11.8 Å². The highest BCUT2D eigenvalue weighted by Gasteiger charge is 2.45. The Hall–Kier alpha value is -2.83. The van der Waals surface area contributed by atoms with Gasteiger partial charge in [0.05, 0.1) is 22.4 Å². The number of sulfonamides is 1. The van der Waals surface area contributed by atoms with Gasteiger partial charge in [-0.25, -0.2) is 13.6 Å². The first-order valence-corrected chi connectivity index (χ1v) is 14.9. The van der Waals surface area contributed by atoms with Gasteiger partial charge < -0.3 is 4.74 Å². The fraction of sp³-hybridized carbons (Fsp3) is 0.346. The molecule has 0 aliphatic carbocycles. The number of nitrogens with two attached hydrogens (primary N) is 1. The van der Waals surface area contributed by atoms with Crippen LogP contribution < -0.4 is 9.88 Å². The number of fused-ring (bicyclic) bond motifs is 4. The minimum Gasteiger partial charge on any atom is -0.497 e. The van der Waals surface area contributed by atoms with Gasteiger partial charge in [-0.2, -0.15) is 8.42 Å². The smallest absolute Gasteiger partial charge is 0.297 e. The maximum atomic E-state index is 13.6. The molecule has 3 aromatic rings. The molecule has 0 saturated carbocycles. The Kier molecular flexibility index (Phi) is 6.84. The molecule has 2 unspecified atom stereocenters. The van der Waals surface area contributed by atoms with Gasteiger partial charge in [-0.05, 0) is 79.3 Å². The molecular formula is C26H29N3O6S2. The Morgan fingerprint density at radius 1 is 1.14 bits per heavy atom. The summed E-state index contributed by atoms with van der Waals surface area (Å²) in [7, 11) is -6.91. The van der Waals surface area contributed by atoms with E-state index in [9.17, 15) is 16.8 Å². The van der Waals surface area contributed by atoms with Gasteiger partial charge in [0.2, 0.25) is 10.0 Å². The van der Waals surface area contributed by atoms with Crippen molar-refractivity contribution in [3.05, 3.63) is 72.9 Å². The number of benzene rings is 2. The molecule has 2 N–H and O–H groups in total. The molecule has 2 bridgehead atoms. The van der Waals surface area contributed by atoms with Gasteiger partial charge in [0.1, 0.15) is 11.9 Å². The number of nitrogens with zero attached hydrogens (tertiary/aromatic N) is 2. The van der Waals surface area contributed by atoms with Crippen LogP contribution in [0.25, 0.3) is 10.9 Å². The van der Waals surface area contributed by atoms with Crippen LogP contribution >= 0.6 is 0 Å². The lowest BCUT2D eigenvalue weighted by Gasteiger charge is -2.51. The summed E-state index contributed by atoms with van der Waals surface area (Å²) in [5.41, 5.74) is 1.35. The molecule has 11 heteroatoms. The van der Waals surface area contributed by atoms with Crippen molar-refractivity contribution < 1.29 is 25.8 Å². The zero-order chi connectivity index (χ0) is 26.4. The lowest BCUT2D eigenvalue weighted by atomic mass is 9.73. The average Bonchev–Trinajstić information content (AvgIpc) is 2.91. The van der Waals surface area contributed by atoms with Crippen LogP contribution in [0.2, 0.25) is 0 Å². The van der Waals surface area contributed by atoms with E-state index in [1.54, 1.807) is 25.4 Å². The molecular weight excluding hydrogens is 514 g/mol. The molecule has 4 heterocycles. The molecule has 1 aromatic heterocycles. The van der Waals surface area contributed by atoms with Crippen molar-refractivity contribution in [2.75, 3.05) is 20.2 Å². The fourth-order valence-corrected chi connectivity index (χ4v) is 7.30. The zero-order valence-corrected chi connectivity index (χ0v) is 22.0. The summed E-state index contributed by atoms with van der Waals surface area (Å²) in [5.74, 6) is 1.32. The number of methoxy groups -OCH3 is 1. The van der Waals surface area contributed by atoms with Crippen LogP contribution in [0.5, 0.6) is 5.75 Å². The van der Waals surface area contributed by atoms with Crippen LogP contribution in [-0.4, -0.2) is 53.0 Å². The van der Waals surface area contributed by atoms with E-state index in [0.29, 0.717) is 28.7 Å². The van der Waals surface area contributed by atoms with Gasteiger partial charge in [0.15, 0.2) is 0 Å². The summed E-state index contributed by atoms with van der Waals surface area (Å²) in [4.78, 5) is 6.13. The quantitative estimate of drug-likeness (QED) is 0.339. The van der Waals surface area contributed by atoms with Crippen molar-refractivity contribution in [3.8, 4) is 5.75 Å². The summed E-state index contributed by atoms with van der Waals surface area (Å²) in [6.07, 6.45) is 4.49. The lowest BCUT2D eigenvalue weighted by Crippen LogP contribution is -2.55. The largest absolute Gasteiger partial charge is 0.497 e. The Labute approximate surface area is 217 Å². The number of aromatic nitrogens is 1. The summed E-state index contributed by atoms with van der Waals surface area (Å²) in [6.45, 7) is 5.58. The Bertz CT molecular complexity index is 1560. The SMILES string of the molecule is C=C[C@H]1CN2CC[C@H]1CC2[C@H](OS(=O)(=O)c1cccc(S(N)(=O)=O)c1)c1ccnc2ccc(OC)cc12. The molecule has 2 aromatic carbocycles. The first kappa shape index (κ1) is 25.8. The van der Waals surface area contributed by atoms with Gasteiger partial charge in [-0.3, -0.25) is 14.1 Å². The second-order valence-corrected chi connectivity index (χ2v) is 12.7. The van der Waals surface area contributed by atoms with E-state index in [0.717, 1.165) is 37.4 Å². The molecule has 3 aliphatic heterocycles. The van der Waals surface area contributed by atoms with Gasteiger partial charge in [0, 0.05) is 24.2 Å². The van der Waals surface area contributed by atoms with Crippen LogP contribution in [0.4, 0.5) is 0 Å². The summed E-state index contributed by atoms with van der Waals surface area (Å²) >= 11 is 0. The third-order valence-electron chi connectivity index (χ3n) is 7.45. The van der Waals surface area contributed by atoms with Crippen molar-refractivity contribution >= 4 is 31.0 Å². The molecule has 3 saturated heterocycles. The number of ether oxygens (including phenoxy) is 1. The number of hydrogen-bond donors (Lipinski definition) is 1. The predicted molar refractivity (Wildman–Crippen MR) is 139 cm³/mol. The molecule has 6 rings (SSSR count). The number of rotatable bonds is 8. The van der Waals surface area contributed by atoms with Crippen molar-refractivity contribution in [2.45, 2.75) is 34.8 Å². The van der Waals surface area contributed by atoms with E-state index < -0.39 is 26.2 Å². The van der Waals surface area contributed by atoms with Crippen LogP contribution in [-0.2, 0) is 24.3 Å². The number of primary sulfonamides is 1. The lowest BCUT2D eigenvalue weighted by molar-refractivity contribution is -0.0338. The third-order valence-corrected chi connectivity index (χ3v) is 9.65. The van der Waals surface area contributed by atoms with E-state index in [4.69, 9.17) is 14.1 Å². The Morgan fingerprint density at radius 2 is 1.92 bits per heavy atom. The molecule has 3 fully saturated rings. The van der Waals surface area contributed by atoms with E-state index in [2.05, 4.69) is 16.5 Å². The van der Waals surface area contributed by atoms with Crippen molar-refractivity contribution in [1.29, 1.82) is 0 Å². The minimum atomic E-state index is -4.38. The topological polar surface area (TPSA) is 129 Å². The van der Waals surface area contributed by atoms with Crippen LogP contribution in [0.3, 0.4) is 0 Å². The van der Waals surface area contributed by atoms with Crippen molar-refractivity contribution in [3.63, 3.8) is 0 Å². The molecule has 9 nitrogen and oxygen atoms in total. The minimum absolute atomic E-state index is 0.219. The van der Waals surface area contributed by atoms with Gasteiger partial charge in [-0.1, -0.05) is 12.1 Å². The van der Waals surface area contributed by atoms with E-state index >= 15 is 0 Å². The highest BCUT2D eigenvalue weighted by Crippen LogP contribution is 2.44. The van der Waals surface area contributed by atoms with Crippen LogP contribution in [0.15, 0.2) is 77.2 Å². The Morgan fingerprint density at radius 3 is 2.59 bits per heavy atom. The standard InChI is InChI=1S/C26H29N3O6S2/c1-3-17-16-29-12-10-18(17)13-25(29)26(22-9-11-28-24-8-7-19(34-2)14-23(22)24)35-37(32,33)21-6-4-5-20(15-21)36(27,30)31/h3-9,11,14-15,17-18,25-26H,1,10,12-13,16H2,2H3,(H2,27,30,31)/t17-,18-,25?,26+/m0/s1. The molecule has 0 radical (unpaired) electrons. The maximum Gasteiger partial charge on any atom is 0.297 e. The maximum absolute atomic E-state index is 13.6. The second-order valence-electron chi connectivity index (χ2n) is 9.52. The van der Waals surface area contributed by atoms with Crippen molar-refractivity contribution in [2.24, 2.45) is 17.0 Å². The molecule has 37 heavy (non-hydrogen) atoms. The van der Waals surface area contributed by atoms with Crippen LogP contribution in [0.1, 0.15) is 24.5 Å². The van der Waals surface area contributed by atoms with Gasteiger partial charge >= 0.3 is 0 Å². The molecule has 196 valence electrons. The van der Waals surface area contributed by atoms with Crippen molar-refractivity contribution in [1.82, 2.24) is 9.88 Å². The number of piperidine rings is 3. The number of hydrogen-bond acceptors (Lipinski definition) is 8. The molecule has 0 spiro atoms. The highest BCUT2D eigenvalue weighted by molar-refractivity contribution is 7.89. The predicted octanol–water partition coefficient (Wildman–Crippen LogP) is 3.23. The average molecular weight is 544 g/mol. The van der Waals surface area contributed by atoms with E-state index in [1.807, 2.05) is 18.2 Å². The fourth-order valence-electron chi connectivity index (χ4n) is 5.54. The first-order valence-electron chi connectivity index (χ1n) is 12.0. The normalized spacial score (nSPS) is 24.6. The number of pyridine rings is 1. The molecule has 0 amide bonds.